The Kier molecular flexibility index (Phi) is 5.97. The standard InChI is InChI=1S/C22H25N3O5S/c1-2-19-22(27)24-18-14-17(8-9-20(18)30-19)31(28,29)25-12-10-15(11-13-25)21(26)23-16-6-4-3-5-7-16/h3-9,14-15,19H,2,10-13H2,1H3,(H,23,26)(H,24,27)/t19-/m0/s1. The van der Waals surface area contributed by atoms with Gasteiger partial charge in [-0.3, -0.25) is 9.59 Å². The summed E-state index contributed by atoms with van der Waals surface area (Å²) in [4.78, 5) is 24.6. The van der Waals surface area contributed by atoms with Gasteiger partial charge in [-0.15, -0.1) is 0 Å². The van der Waals surface area contributed by atoms with E-state index in [1.54, 1.807) is 6.07 Å². The minimum atomic E-state index is -3.75. The number of benzene rings is 2. The lowest BCUT2D eigenvalue weighted by atomic mass is 9.97. The highest BCUT2D eigenvalue weighted by atomic mass is 32.2. The summed E-state index contributed by atoms with van der Waals surface area (Å²) >= 11 is 0. The summed E-state index contributed by atoms with van der Waals surface area (Å²) < 4.78 is 33.2. The van der Waals surface area contributed by atoms with E-state index < -0.39 is 16.1 Å². The SMILES string of the molecule is CC[C@@H]1Oc2ccc(S(=O)(=O)N3CCC(C(=O)Nc4ccccc4)CC3)cc2NC1=O. The third-order valence-corrected chi connectivity index (χ3v) is 7.54. The Bertz CT molecular complexity index is 1080. The van der Waals surface area contributed by atoms with Crippen molar-refractivity contribution in [2.24, 2.45) is 5.92 Å². The number of carbonyl (C=O) groups excluding carboxylic acids is 2. The van der Waals surface area contributed by atoms with Crippen molar-refractivity contribution in [2.75, 3.05) is 23.7 Å². The number of para-hydroxylation sites is 1. The van der Waals surface area contributed by atoms with Crippen molar-refractivity contribution in [1.82, 2.24) is 4.31 Å². The van der Waals surface area contributed by atoms with Crippen LogP contribution in [-0.2, 0) is 19.6 Å². The predicted octanol–water partition coefficient (Wildman–Crippen LogP) is 2.84. The molecule has 0 saturated carbocycles. The first-order valence-electron chi connectivity index (χ1n) is 10.4. The average molecular weight is 444 g/mol. The zero-order valence-corrected chi connectivity index (χ0v) is 18.0. The first-order valence-corrected chi connectivity index (χ1v) is 11.8. The monoisotopic (exact) mass is 443 g/mol. The molecule has 9 heteroatoms. The third-order valence-electron chi connectivity index (χ3n) is 5.65. The van der Waals surface area contributed by atoms with Crippen LogP contribution in [0.5, 0.6) is 5.75 Å². The van der Waals surface area contributed by atoms with E-state index in [9.17, 15) is 18.0 Å². The normalized spacial score (nSPS) is 19.8. The maximum atomic E-state index is 13.1. The second kappa shape index (κ2) is 8.68. The summed E-state index contributed by atoms with van der Waals surface area (Å²) in [5.74, 6) is -0.160. The Balaban J connectivity index is 1.42. The van der Waals surface area contributed by atoms with E-state index in [2.05, 4.69) is 10.6 Å². The minimum Gasteiger partial charge on any atom is -0.478 e. The largest absolute Gasteiger partial charge is 0.478 e. The fraction of sp³-hybridized carbons (Fsp3) is 0.364. The Morgan fingerprint density at radius 1 is 1.16 bits per heavy atom. The lowest BCUT2D eigenvalue weighted by Gasteiger charge is -2.31. The zero-order valence-electron chi connectivity index (χ0n) is 17.2. The van der Waals surface area contributed by atoms with Gasteiger partial charge in [0.05, 0.1) is 10.6 Å². The number of carbonyl (C=O) groups is 2. The van der Waals surface area contributed by atoms with E-state index in [1.807, 2.05) is 37.3 Å². The molecule has 1 atom stereocenters. The maximum absolute atomic E-state index is 13.1. The number of hydrogen-bond acceptors (Lipinski definition) is 5. The Labute approximate surface area is 181 Å². The van der Waals surface area contributed by atoms with Crippen LogP contribution in [0.2, 0.25) is 0 Å². The Hall–Kier alpha value is -2.91. The molecule has 31 heavy (non-hydrogen) atoms. The molecule has 2 aromatic rings. The van der Waals surface area contributed by atoms with Crippen LogP contribution in [0, 0.1) is 5.92 Å². The number of sulfonamides is 1. The minimum absolute atomic E-state index is 0.0947. The zero-order chi connectivity index (χ0) is 22.0. The van der Waals surface area contributed by atoms with Crippen molar-refractivity contribution in [2.45, 2.75) is 37.2 Å². The van der Waals surface area contributed by atoms with Crippen molar-refractivity contribution >= 4 is 33.2 Å². The smallest absolute Gasteiger partial charge is 0.265 e. The van der Waals surface area contributed by atoms with Crippen LogP contribution in [0.25, 0.3) is 0 Å². The number of ether oxygens (including phenoxy) is 1. The fourth-order valence-corrected chi connectivity index (χ4v) is 5.33. The molecule has 0 spiro atoms. The molecule has 0 aromatic heterocycles. The summed E-state index contributed by atoms with van der Waals surface area (Å²) in [7, 11) is -3.75. The highest BCUT2D eigenvalue weighted by molar-refractivity contribution is 7.89. The molecule has 0 unspecified atom stereocenters. The van der Waals surface area contributed by atoms with Crippen LogP contribution in [0.15, 0.2) is 53.4 Å². The number of nitrogens with zero attached hydrogens (tertiary/aromatic N) is 1. The van der Waals surface area contributed by atoms with Crippen molar-refractivity contribution in [1.29, 1.82) is 0 Å². The van der Waals surface area contributed by atoms with Gasteiger partial charge in [0.2, 0.25) is 15.9 Å². The lowest BCUT2D eigenvalue weighted by molar-refractivity contribution is -0.123. The van der Waals surface area contributed by atoms with Gasteiger partial charge in [0.15, 0.2) is 6.10 Å². The molecule has 2 N–H and O–H groups in total. The first-order chi connectivity index (χ1) is 14.9. The molecule has 2 aliphatic rings. The van der Waals surface area contributed by atoms with Crippen molar-refractivity contribution in [3.63, 3.8) is 0 Å². The molecular formula is C22H25N3O5S. The van der Waals surface area contributed by atoms with Crippen molar-refractivity contribution in [3.8, 4) is 5.75 Å². The number of anilines is 2. The topological polar surface area (TPSA) is 105 Å². The molecule has 0 aliphatic carbocycles. The molecule has 2 amide bonds. The molecule has 2 aromatic carbocycles. The summed E-state index contributed by atoms with van der Waals surface area (Å²) in [6.45, 7) is 2.36. The van der Waals surface area contributed by atoms with Gasteiger partial charge in [-0.05, 0) is 49.6 Å². The van der Waals surface area contributed by atoms with Gasteiger partial charge in [0, 0.05) is 24.7 Å². The molecule has 164 valence electrons. The molecule has 1 saturated heterocycles. The van der Waals surface area contributed by atoms with Gasteiger partial charge < -0.3 is 15.4 Å². The summed E-state index contributed by atoms with van der Waals surface area (Å²) in [6.07, 6.45) is 0.843. The lowest BCUT2D eigenvalue weighted by Crippen LogP contribution is -2.41. The van der Waals surface area contributed by atoms with E-state index in [4.69, 9.17) is 4.74 Å². The summed E-state index contributed by atoms with van der Waals surface area (Å²) in [5.41, 5.74) is 1.08. The third kappa shape index (κ3) is 4.42. The van der Waals surface area contributed by atoms with Crippen LogP contribution in [-0.4, -0.2) is 43.7 Å². The van der Waals surface area contributed by atoms with Crippen molar-refractivity contribution in [3.05, 3.63) is 48.5 Å². The summed E-state index contributed by atoms with van der Waals surface area (Å²) in [5, 5.41) is 5.60. The van der Waals surface area contributed by atoms with Crippen molar-refractivity contribution < 1.29 is 22.7 Å². The Morgan fingerprint density at radius 3 is 2.55 bits per heavy atom. The van der Waals surface area contributed by atoms with Gasteiger partial charge in [-0.2, -0.15) is 4.31 Å². The molecule has 0 bridgehead atoms. The fourth-order valence-electron chi connectivity index (χ4n) is 3.83. The van der Waals surface area contributed by atoms with E-state index >= 15 is 0 Å². The van der Waals surface area contributed by atoms with Gasteiger partial charge in [0.25, 0.3) is 5.91 Å². The maximum Gasteiger partial charge on any atom is 0.265 e. The second-order valence-electron chi connectivity index (χ2n) is 7.70. The number of hydrogen-bond donors (Lipinski definition) is 2. The van der Waals surface area contributed by atoms with E-state index in [0.29, 0.717) is 30.7 Å². The molecule has 2 heterocycles. The summed E-state index contributed by atoms with van der Waals surface area (Å²) in [6, 6.07) is 13.7. The number of piperidine rings is 1. The van der Waals surface area contributed by atoms with Gasteiger partial charge in [-0.1, -0.05) is 25.1 Å². The van der Waals surface area contributed by atoms with E-state index in [0.717, 1.165) is 5.69 Å². The molecule has 1 fully saturated rings. The number of rotatable bonds is 5. The highest BCUT2D eigenvalue weighted by Gasteiger charge is 2.33. The molecule has 4 rings (SSSR count). The van der Waals surface area contributed by atoms with Crippen LogP contribution in [0.4, 0.5) is 11.4 Å². The van der Waals surface area contributed by atoms with E-state index in [1.165, 1.54) is 16.4 Å². The molecular weight excluding hydrogens is 418 g/mol. The second-order valence-corrected chi connectivity index (χ2v) is 9.63. The number of amides is 2. The Morgan fingerprint density at radius 2 is 1.87 bits per heavy atom. The number of fused-ring (bicyclic) bond motifs is 1. The van der Waals surface area contributed by atoms with Gasteiger partial charge in [-0.25, -0.2) is 8.42 Å². The van der Waals surface area contributed by atoms with Crippen LogP contribution in [0.1, 0.15) is 26.2 Å². The quantitative estimate of drug-likeness (QED) is 0.739. The van der Waals surface area contributed by atoms with E-state index in [-0.39, 0.29) is 35.7 Å². The number of nitrogens with one attached hydrogen (secondary N) is 2. The average Bonchev–Trinajstić information content (AvgIpc) is 2.79. The highest BCUT2D eigenvalue weighted by Crippen LogP contribution is 2.34. The van der Waals surface area contributed by atoms with Gasteiger partial charge >= 0.3 is 0 Å². The predicted molar refractivity (Wildman–Crippen MR) is 116 cm³/mol. The molecule has 8 nitrogen and oxygen atoms in total. The first kappa shape index (κ1) is 21.3. The van der Waals surface area contributed by atoms with Crippen LogP contribution in [0.3, 0.4) is 0 Å². The molecule has 0 radical (unpaired) electrons. The van der Waals surface area contributed by atoms with Crippen LogP contribution >= 0.6 is 0 Å². The van der Waals surface area contributed by atoms with Crippen LogP contribution < -0.4 is 15.4 Å². The molecule has 2 aliphatic heterocycles. The van der Waals surface area contributed by atoms with Gasteiger partial charge in [0.1, 0.15) is 5.75 Å².